The topological polar surface area (TPSA) is 48.8 Å². The highest BCUT2D eigenvalue weighted by molar-refractivity contribution is 9.10. The zero-order valence-electron chi connectivity index (χ0n) is 7.18. The summed E-state index contributed by atoms with van der Waals surface area (Å²) in [5.41, 5.74) is 8.97. The minimum Gasteiger partial charge on any atom is -0.0616 e. The number of hydrogen-bond acceptors (Lipinski definition) is 1. The van der Waals surface area contributed by atoms with Crippen LogP contribution < -0.4 is 0 Å². The lowest BCUT2D eigenvalue weighted by atomic mass is 10.1. The van der Waals surface area contributed by atoms with Gasteiger partial charge in [0.25, 0.3) is 0 Å². The average molecular weight is 248 g/mol. The lowest BCUT2D eigenvalue weighted by Gasteiger charge is -2.01. The molecule has 2 rings (SSSR count). The van der Waals surface area contributed by atoms with Crippen molar-refractivity contribution in [1.29, 1.82) is 0 Å². The molecule has 2 aromatic rings. The number of benzene rings is 2. The van der Waals surface area contributed by atoms with Crippen LogP contribution in [0, 0.1) is 0 Å². The van der Waals surface area contributed by atoms with Gasteiger partial charge in [0.05, 0.1) is 5.69 Å². The first-order valence-electron chi connectivity index (χ1n) is 4.04. The van der Waals surface area contributed by atoms with Crippen LogP contribution in [0.3, 0.4) is 0 Å². The van der Waals surface area contributed by atoms with Gasteiger partial charge in [-0.2, -0.15) is 0 Å². The maximum Gasteiger partial charge on any atom is 0.0523 e. The van der Waals surface area contributed by atoms with E-state index in [0.717, 1.165) is 15.2 Å². The van der Waals surface area contributed by atoms with E-state index in [9.17, 15) is 0 Å². The Hall–Kier alpha value is -1.51. The summed E-state index contributed by atoms with van der Waals surface area (Å²) in [6.45, 7) is 0. The molecule has 0 spiro atoms. The molecule has 0 fully saturated rings. The Bertz CT molecular complexity index is 530. The molecule has 0 radical (unpaired) electrons. The van der Waals surface area contributed by atoms with Crippen LogP contribution in [-0.4, -0.2) is 0 Å². The van der Waals surface area contributed by atoms with Gasteiger partial charge in [0.15, 0.2) is 0 Å². The molecule has 0 aromatic heterocycles. The molecule has 3 nitrogen and oxygen atoms in total. The maximum absolute atomic E-state index is 8.35. The van der Waals surface area contributed by atoms with Gasteiger partial charge >= 0.3 is 0 Å². The van der Waals surface area contributed by atoms with Crippen molar-refractivity contribution in [2.75, 3.05) is 0 Å². The molecule has 0 bridgehead atoms. The molecule has 0 amide bonds. The van der Waals surface area contributed by atoms with Crippen molar-refractivity contribution < 1.29 is 0 Å². The Morgan fingerprint density at radius 3 is 2.43 bits per heavy atom. The maximum atomic E-state index is 8.35. The first-order valence-corrected chi connectivity index (χ1v) is 4.84. The van der Waals surface area contributed by atoms with E-state index in [1.165, 1.54) is 0 Å². The van der Waals surface area contributed by atoms with E-state index in [0.29, 0.717) is 5.69 Å². The summed E-state index contributed by atoms with van der Waals surface area (Å²) in [5, 5.41) is 5.78. The van der Waals surface area contributed by atoms with Gasteiger partial charge in [0, 0.05) is 9.38 Å². The molecule has 0 unspecified atom stereocenters. The smallest absolute Gasteiger partial charge is 0.0523 e. The summed E-state index contributed by atoms with van der Waals surface area (Å²) in [6, 6.07) is 11.7. The minimum atomic E-state index is 0.617. The van der Waals surface area contributed by atoms with Crippen LogP contribution in [0.4, 0.5) is 5.69 Å². The van der Waals surface area contributed by atoms with Gasteiger partial charge in [0.1, 0.15) is 0 Å². The SMILES string of the molecule is [N-]=[N+]=Nc1cc2ccccc2cc1Br. The molecule has 0 atom stereocenters. The van der Waals surface area contributed by atoms with Crippen LogP contribution in [0.5, 0.6) is 0 Å². The predicted molar refractivity (Wildman–Crippen MR) is 60.5 cm³/mol. The number of fused-ring (bicyclic) bond motifs is 1. The normalized spacial score (nSPS) is 9.79. The summed E-state index contributed by atoms with van der Waals surface area (Å²) in [5.74, 6) is 0. The lowest BCUT2D eigenvalue weighted by molar-refractivity contribution is 1.47. The van der Waals surface area contributed by atoms with Crippen LogP contribution >= 0.6 is 15.9 Å². The van der Waals surface area contributed by atoms with Crippen LogP contribution in [-0.2, 0) is 0 Å². The van der Waals surface area contributed by atoms with Crippen molar-refractivity contribution in [1.82, 2.24) is 0 Å². The van der Waals surface area contributed by atoms with Gasteiger partial charge in [-0.25, -0.2) is 0 Å². The monoisotopic (exact) mass is 247 g/mol. The zero-order valence-corrected chi connectivity index (χ0v) is 8.77. The highest BCUT2D eigenvalue weighted by atomic mass is 79.9. The summed E-state index contributed by atoms with van der Waals surface area (Å²) in [7, 11) is 0. The molecule has 0 saturated heterocycles. The second-order valence-corrected chi connectivity index (χ2v) is 3.69. The number of hydrogen-bond donors (Lipinski definition) is 0. The first-order chi connectivity index (χ1) is 6.81. The van der Waals surface area contributed by atoms with Crippen molar-refractivity contribution in [3.63, 3.8) is 0 Å². The molecule has 14 heavy (non-hydrogen) atoms. The van der Waals surface area contributed by atoms with Gasteiger partial charge in [-0.05, 0) is 28.4 Å². The Kier molecular flexibility index (Phi) is 2.39. The zero-order chi connectivity index (χ0) is 9.97. The summed E-state index contributed by atoms with van der Waals surface area (Å²) in [4.78, 5) is 2.77. The second-order valence-electron chi connectivity index (χ2n) is 2.84. The third-order valence-electron chi connectivity index (χ3n) is 1.97. The van der Waals surface area contributed by atoms with Crippen LogP contribution in [0.2, 0.25) is 0 Å². The average Bonchev–Trinajstić information content (AvgIpc) is 2.19. The molecule has 0 saturated carbocycles. The minimum absolute atomic E-state index is 0.617. The molecular weight excluding hydrogens is 242 g/mol. The van der Waals surface area contributed by atoms with Crippen LogP contribution in [0.1, 0.15) is 0 Å². The van der Waals surface area contributed by atoms with Gasteiger partial charge < -0.3 is 0 Å². The molecule has 0 aliphatic rings. The molecule has 68 valence electrons. The third kappa shape index (κ3) is 1.58. The second kappa shape index (κ2) is 3.70. The predicted octanol–water partition coefficient (Wildman–Crippen LogP) is 4.54. The Morgan fingerprint density at radius 2 is 1.79 bits per heavy atom. The van der Waals surface area contributed by atoms with Gasteiger partial charge in [-0.1, -0.05) is 45.3 Å². The fourth-order valence-electron chi connectivity index (χ4n) is 1.33. The summed E-state index contributed by atoms with van der Waals surface area (Å²) < 4.78 is 0.814. The van der Waals surface area contributed by atoms with Crippen molar-refractivity contribution in [2.45, 2.75) is 0 Å². The fourth-order valence-corrected chi connectivity index (χ4v) is 1.77. The number of rotatable bonds is 1. The Balaban J connectivity index is 2.76. The van der Waals surface area contributed by atoms with Gasteiger partial charge in [0.2, 0.25) is 0 Å². The molecular formula is C10H6BrN3. The molecule has 0 aliphatic carbocycles. The Morgan fingerprint density at radius 1 is 1.14 bits per heavy atom. The van der Waals surface area contributed by atoms with Gasteiger partial charge in [-0.3, -0.25) is 0 Å². The highest BCUT2D eigenvalue weighted by Gasteiger charge is 1.99. The molecule has 2 aromatic carbocycles. The van der Waals surface area contributed by atoms with Gasteiger partial charge in [-0.15, -0.1) is 0 Å². The first kappa shape index (κ1) is 9.06. The molecule has 0 N–H and O–H groups in total. The molecule has 4 heteroatoms. The van der Waals surface area contributed by atoms with E-state index in [-0.39, 0.29) is 0 Å². The van der Waals surface area contributed by atoms with Crippen molar-refractivity contribution in [2.24, 2.45) is 5.11 Å². The number of nitrogens with zero attached hydrogens (tertiary/aromatic N) is 3. The third-order valence-corrected chi connectivity index (χ3v) is 2.60. The van der Waals surface area contributed by atoms with Crippen molar-refractivity contribution in [3.05, 3.63) is 51.3 Å². The Labute approximate surface area is 89.1 Å². The largest absolute Gasteiger partial charge is 0.0616 e. The quantitative estimate of drug-likeness (QED) is 0.404. The molecule has 0 aliphatic heterocycles. The van der Waals surface area contributed by atoms with E-state index in [1.54, 1.807) is 0 Å². The van der Waals surface area contributed by atoms with E-state index >= 15 is 0 Å². The fraction of sp³-hybridized carbons (Fsp3) is 0. The summed E-state index contributed by atoms with van der Waals surface area (Å²) in [6.07, 6.45) is 0. The highest BCUT2D eigenvalue weighted by Crippen LogP contribution is 2.30. The lowest BCUT2D eigenvalue weighted by Crippen LogP contribution is -1.73. The van der Waals surface area contributed by atoms with E-state index in [4.69, 9.17) is 5.53 Å². The summed E-state index contributed by atoms with van der Waals surface area (Å²) >= 11 is 3.35. The van der Waals surface area contributed by atoms with Crippen molar-refractivity contribution in [3.8, 4) is 0 Å². The standard InChI is InChI=1S/C10H6BrN3/c11-9-5-7-3-1-2-4-8(7)6-10(9)13-14-12/h1-6H. The van der Waals surface area contributed by atoms with Crippen LogP contribution in [0.15, 0.2) is 46.0 Å². The van der Waals surface area contributed by atoms with E-state index in [1.807, 2.05) is 36.4 Å². The molecule has 0 heterocycles. The van der Waals surface area contributed by atoms with E-state index < -0.39 is 0 Å². The number of azide groups is 1. The van der Waals surface area contributed by atoms with E-state index in [2.05, 4.69) is 26.0 Å². The number of halogens is 1. The van der Waals surface area contributed by atoms with Crippen LogP contribution in [0.25, 0.3) is 21.2 Å². The van der Waals surface area contributed by atoms with Crippen molar-refractivity contribution >= 4 is 32.4 Å².